The molecule has 0 aromatic carbocycles. The predicted octanol–water partition coefficient (Wildman–Crippen LogP) is -2.57. The fourth-order valence-corrected chi connectivity index (χ4v) is 2.39. The summed E-state index contributed by atoms with van der Waals surface area (Å²) in [5.74, 6) is 0.277. The number of hydrogen-bond donors (Lipinski definition) is 6. The molecule has 2 aromatic heterocycles. The second kappa shape index (κ2) is 4.92. The number of rotatable bonds is 3. The van der Waals surface area contributed by atoms with E-state index in [1.165, 1.54) is 6.33 Å². The number of hydrogen-bond acceptors (Lipinski definition) is 8. The van der Waals surface area contributed by atoms with Crippen LogP contribution in [0.5, 0.6) is 0 Å². The standard InChI is InChI=1S/C10H14N6O4/c11-8-6-9(13-2-12-8)16(3-14-6)10-5(15-19)7(18)4(1-17)20-10/h2-5,7,10,15,17-19H,1H2,(H2,11,12,13)/p+1/t4-,5-,7-,10-/m1/s1. The van der Waals surface area contributed by atoms with Crippen molar-refractivity contribution in [2.24, 2.45) is 0 Å². The topological polar surface area (TPSA) is 153 Å². The first kappa shape index (κ1) is 13.1. The predicted molar refractivity (Wildman–Crippen MR) is 64.2 cm³/mol. The van der Waals surface area contributed by atoms with Gasteiger partial charge in [0.15, 0.2) is 18.5 Å². The summed E-state index contributed by atoms with van der Waals surface area (Å²) in [6, 6.07) is -0.813. The number of hydroxylamine groups is 1. The van der Waals surface area contributed by atoms with Crippen LogP contribution in [-0.4, -0.2) is 55.2 Å². The monoisotopic (exact) mass is 283 g/mol. The van der Waals surface area contributed by atoms with Gasteiger partial charge in [-0.05, 0) is 0 Å². The number of aliphatic hydroxyl groups excluding tert-OH is 2. The molecule has 4 atom stereocenters. The molecule has 1 saturated heterocycles. The summed E-state index contributed by atoms with van der Waals surface area (Å²) < 4.78 is 7.11. The highest BCUT2D eigenvalue weighted by Crippen LogP contribution is 2.26. The van der Waals surface area contributed by atoms with Gasteiger partial charge in [0.2, 0.25) is 11.7 Å². The second-order valence-electron chi connectivity index (χ2n) is 4.53. The Morgan fingerprint density at radius 1 is 1.50 bits per heavy atom. The number of anilines is 1. The molecule has 1 aliphatic rings. The van der Waals surface area contributed by atoms with E-state index in [2.05, 4.69) is 15.0 Å². The molecule has 0 bridgehead atoms. The van der Waals surface area contributed by atoms with Gasteiger partial charge in [-0.2, -0.15) is 10.5 Å². The number of nitrogens with zero attached hydrogens (tertiary/aromatic N) is 3. The first-order valence-corrected chi connectivity index (χ1v) is 6.00. The van der Waals surface area contributed by atoms with Crippen molar-refractivity contribution in [3.8, 4) is 0 Å². The Labute approximate surface area is 112 Å². The molecule has 0 radical (unpaired) electrons. The minimum atomic E-state index is -1.06. The minimum absolute atomic E-state index is 0.277. The number of nitrogens with one attached hydrogen (secondary N) is 2. The maximum Gasteiger partial charge on any atom is 0.309 e. The maximum atomic E-state index is 9.96. The van der Waals surface area contributed by atoms with E-state index < -0.39 is 24.5 Å². The fourth-order valence-electron chi connectivity index (χ4n) is 2.39. The summed E-state index contributed by atoms with van der Waals surface area (Å²) in [5, 5.41) is 28.3. The van der Waals surface area contributed by atoms with Crippen molar-refractivity contribution in [1.82, 2.24) is 20.4 Å². The molecule has 3 heterocycles. The first-order valence-electron chi connectivity index (χ1n) is 6.00. The lowest BCUT2D eigenvalue weighted by molar-refractivity contribution is -0.741. The number of nitrogens with two attached hydrogens (primary N) is 1. The maximum absolute atomic E-state index is 9.96. The molecule has 20 heavy (non-hydrogen) atoms. The van der Waals surface area contributed by atoms with Gasteiger partial charge >= 0.3 is 5.65 Å². The van der Waals surface area contributed by atoms with Crippen LogP contribution in [0.15, 0.2) is 12.7 Å². The van der Waals surface area contributed by atoms with Gasteiger partial charge in [-0.25, -0.2) is 4.57 Å². The van der Waals surface area contributed by atoms with Gasteiger partial charge in [-0.1, -0.05) is 4.98 Å². The van der Waals surface area contributed by atoms with E-state index in [1.54, 1.807) is 10.9 Å². The van der Waals surface area contributed by atoms with Crippen molar-refractivity contribution in [3.63, 3.8) is 0 Å². The summed E-state index contributed by atoms with van der Waals surface area (Å²) in [5.41, 5.74) is 8.71. The molecule has 7 N–H and O–H groups in total. The average Bonchev–Trinajstić information content (AvgIpc) is 3.00. The van der Waals surface area contributed by atoms with Gasteiger partial charge in [0, 0.05) is 0 Å². The van der Waals surface area contributed by atoms with Gasteiger partial charge in [0.25, 0.3) is 0 Å². The Morgan fingerprint density at radius 3 is 3.00 bits per heavy atom. The Balaban J connectivity index is 2.04. The van der Waals surface area contributed by atoms with E-state index in [4.69, 9.17) is 15.6 Å². The molecule has 0 aliphatic carbocycles. The van der Waals surface area contributed by atoms with Crippen molar-refractivity contribution in [2.75, 3.05) is 12.3 Å². The fraction of sp³-hybridized carbons (Fsp3) is 0.500. The van der Waals surface area contributed by atoms with Crippen LogP contribution in [0, 0.1) is 0 Å². The van der Waals surface area contributed by atoms with E-state index in [9.17, 15) is 10.3 Å². The number of aromatic amines is 1. The molecule has 108 valence electrons. The normalized spacial score (nSPS) is 30.1. The average molecular weight is 283 g/mol. The molecule has 0 unspecified atom stereocenters. The smallest absolute Gasteiger partial charge is 0.309 e. The van der Waals surface area contributed by atoms with Crippen LogP contribution in [0.4, 0.5) is 5.82 Å². The Morgan fingerprint density at radius 2 is 2.30 bits per heavy atom. The van der Waals surface area contributed by atoms with Crippen LogP contribution in [-0.2, 0) is 4.74 Å². The third kappa shape index (κ3) is 1.82. The van der Waals surface area contributed by atoms with Crippen LogP contribution in [0.2, 0.25) is 0 Å². The highest BCUT2D eigenvalue weighted by Gasteiger charge is 2.47. The van der Waals surface area contributed by atoms with Gasteiger partial charge in [0.1, 0.15) is 18.2 Å². The lowest BCUT2D eigenvalue weighted by Gasteiger charge is -2.16. The van der Waals surface area contributed by atoms with Crippen molar-refractivity contribution in [3.05, 3.63) is 12.7 Å². The molecular weight excluding hydrogens is 268 g/mol. The lowest BCUT2D eigenvalue weighted by Crippen LogP contribution is -2.51. The zero-order valence-corrected chi connectivity index (χ0v) is 10.3. The quantitative estimate of drug-likeness (QED) is 0.265. The Bertz CT molecular complexity index is 619. The molecule has 1 fully saturated rings. The Hall–Kier alpha value is -1.85. The Kier molecular flexibility index (Phi) is 3.23. The van der Waals surface area contributed by atoms with Crippen LogP contribution >= 0.6 is 0 Å². The van der Waals surface area contributed by atoms with E-state index in [-0.39, 0.29) is 12.4 Å². The molecule has 10 nitrogen and oxygen atoms in total. The third-order valence-corrected chi connectivity index (χ3v) is 3.42. The molecule has 0 spiro atoms. The largest absolute Gasteiger partial charge is 0.394 e. The van der Waals surface area contributed by atoms with Gasteiger partial charge in [0.05, 0.1) is 6.61 Å². The second-order valence-corrected chi connectivity index (χ2v) is 4.53. The summed E-state index contributed by atoms with van der Waals surface area (Å²) in [6.07, 6.45) is 0.235. The summed E-state index contributed by atoms with van der Waals surface area (Å²) in [7, 11) is 0. The van der Waals surface area contributed by atoms with Crippen LogP contribution in [0.3, 0.4) is 0 Å². The first-order chi connectivity index (χ1) is 9.67. The number of ether oxygens (including phenoxy) is 1. The highest BCUT2D eigenvalue weighted by atomic mass is 16.6. The van der Waals surface area contributed by atoms with Gasteiger partial charge in [-0.3, -0.25) is 4.98 Å². The SMILES string of the molecule is Nc1ncnc2c1[nH]c[n+]2[C@@H]1O[C@H](CO)[C@@H](O)[C@H]1NO. The van der Waals surface area contributed by atoms with Crippen LogP contribution < -0.4 is 15.8 Å². The van der Waals surface area contributed by atoms with E-state index in [0.29, 0.717) is 11.2 Å². The molecule has 3 rings (SSSR count). The number of aromatic nitrogens is 4. The zero-order valence-electron chi connectivity index (χ0n) is 10.3. The highest BCUT2D eigenvalue weighted by molar-refractivity contribution is 5.77. The van der Waals surface area contributed by atoms with E-state index in [0.717, 1.165) is 0 Å². The van der Waals surface area contributed by atoms with Crippen molar-refractivity contribution >= 4 is 17.0 Å². The van der Waals surface area contributed by atoms with Crippen LogP contribution in [0.1, 0.15) is 6.23 Å². The zero-order chi connectivity index (χ0) is 14.3. The molecule has 0 amide bonds. The summed E-state index contributed by atoms with van der Waals surface area (Å²) in [6.45, 7) is -0.365. The van der Waals surface area contributed by atoms with Gasteiger partial charge in [-0.15, -0.1) is 0 Å². The number of fused-ring (bicyclic) bond motifs is 1. The lowest BCUT2D eigenvalue weighted by atomic mass is 10.1. The molecule has 0 saturated carbocycles. The van der Waals surface area contributed by atoms with Crippen molar-refractivity contribution < 1.29 is 24.7 Å². The molecule has 2 aromatic rings. The van der Waals surface area contributed by atoms with Crippen molar-refractivity contribution in [1.29, 1.82) is 0 Å². The minimum Gasteiger partial charge on any atom is -0.394 e. The van der Waals surface area contributed by atoms with E-state index in [1.807, 2.05) is 5.48 Å². The number of imidazole rings is 1. The number of H-pyrrole nitrogens is 1. The molecular formula is C10H15N6O4+. The third-order valence-electron chi connectivity index (χ3n) is 3.42. The molecule has 10 heteroatoms. The number of nitrogen functional groups attached to an aromatic ring is 1. The van der Waals surface area contributed by atoms with Gasteiger partial charge < -0.3 is 25.9 Å². The summed E-state index contributed by atoms with van der Waals surface area (Å²) in [4.78, 5) is 10.9. The van der Waals surface area contributed by atoms with Crippen molar-refractivity contribution in [2.45, 2.75) is 24.5 Å². The molecule has 1 aliphatic heterocycles. The van der Waals surface area contributed by atoms with E-state index >= 15 is 0 Å². The number of aliphatic hydroxyl groups is 2. The summed E-state index contributed by atoms with van der Waals surface area (Å²) >= 11 is 0. The van der Waals surface area contributed by atoms with Crippen LogP contribution in [0.25, 0.3) is 11.2 Å².